The summed E-state index contributed by atoms with van der Waals surface area (Å²) in [6.45, 7) is 0. The number of ketones is 1. The topological polar surface area (TPSA) is 69.6 Å². The van der Waals surface area contributed by atoms with E-state index in [9.17, 15) is 4.79 Å². The van der Waals surface area contributed by atoms with Crippen LogP contribution in [0.4, 0.5) is 0 Å². The molecule has 4 aliphatic heterocycles. The summed E-state index contributed by atoms with van der Waals surface area (Å²) in [5, 5.41) is 5.12. The Balaban J connectivity index is 1.67. The van der Waals surface area contributed by atoms with Crippen LogP contribution in [0.25, 0.3) is 12.2 Å². The highest BCUT2D eigenvalue weighted by Crippen LogP contribution is 2.17. The number of H-pyrrole nitrogens is 1. The summed E-state index contributed by atoms with van der Waals surface area (Å²) in [6, 6.07) is 3.59. The van der Waals surface area contributed by atoms with Gasteiger partial charge in [-0.15, -0.1) is 0 Å². The quantitative estimate of drug-likeness (QED) is 0.740. The van der Waals surface area contributed by atoms with E-state index in [2.05, 4.69) is 20.3 Å². The SMILES string of the molecule is O=C1C=C2/C=c3/cc/c([nH]3)=C/C3=NC(=C\C4=NC(=C\C1N2)/C=C4)/C=C3. The van der Waals surface area contributed by atoms with Crippen molar-refractivity contribution >= 4 is 29.4 Å². The molecule has 1 aromatic rings. The third-order valence-electron chi connectivity index (χ3n) is 4.27. The fourth-order valence-electron chi connectivity index (χ4n) is 3.11. The number of hydrogen-bond donors (Lipinski definition) is 2. The number of nitrogens with one attached hydrogen (secondary N) is 2. The van der Waals surface area contributed by atoms with Gasteiger partial charge < -0.3 is 10.3 Å². The molecule has 2 N–H and O–H groups in total. The molecule has 0 fully saturated rings. The van der Waals surface area contributed by atoms with Crippen LogP contribution in [0.3, 0.4) is 0 Å². The molecule has 5 heteroatoms. The first-order valence-electron chi connectivity index (χ1n) is 8.09. The molecule has 120 valence electrons. The molecule has 5 nitrogen and oxygen atoms in total. The van der Waals surface area contributed by atoms with Crippen LogP contribution in [0.2, 0.25) is 0 Å². The molecule has 8 bridgehead atoms. The molecule has 1 unspecified atom stereocenters. The Morgan fingerprint density at radius 1 is 0.800 bits per heavy atom. The molecule has 0 spiro atoms. The molecule has 0 amide bonds. The maximum atomic E-state index is 12.2. The van der Waals surface area contributed by atoms with Crippen LogP contribution in [-0.2, 0) is 4.79 Å². The van der Waals surface area contributed by atoms with Gasteiger partial charge in [-0.3, -0.25) is 4.79 Å². The first-order chi connectivity index (χ1) is 12.2. The Bertz CT molecular complexity index is 1130. The van der Waals surface area contributed by atoms with E-state index < -0.39 is 0 Å². The molecule has 1 aromatic heterocycles. The summed E-state index contributed by atoms with van der Waals surface area (Å²) in [4.78, 5) is 24.7. The molecule has 5 rings (SSSR count). The number of carbonyl (C=O) groups excluding carboxylic acids is 1. The van der Waals surface area contributed by atoms with Crippen LogP contribution in [-0.4, -0.2) is 28.2 Å². The van der Waals surface area contributed by atoms with Crippen molar-refractivity contribution in [2.45, 2.75) is 6.04 Å². The monoisotopic (exact) mass is 326 g/mol. The van der Waals surface area contributed by atoms with Crippen LogP contribution >= 0.6 is 0 Å². The molecule has 0 aromatic carbocycles. The summed E-state index contributed by atoms with van der Waals surface area (Å²) in [7, 11) is 0. The minimum atomic E-state index is -0.383. The molecule has 0 radical (unpaired) electrons. The Morgan fingerprint density at radius 3 is 2.40 bits per heavy atom. The summed E-state index contributed by atoms with van der Waals surface area (Å²) in [5.74, 6) is 0.0318. The van der Waals surface area contributed by atoms with Gasteiger partial charge in [-0.25, -0.2) is 9.98 Å². The number of fused-ring (bicyclic) bond motifs is 6. The van der Waals surface area contributed by atoms with E-state index in [0.29, 0.717) is 0 Å². The Labute approximate surface area is 143 Å². The van der Waals surface area contributed by atoms with Gasteiger partial charge in [-0.2, -0.15) is 0 Å². The molecule has 0 saturated heterocycles. The Kier molecular flexibility index (Phi) is 2.94. The number of nitrogens with zero attached hydrogens (tertiary/aromatic N) is 2. The molecular weight excluding hydrogens is 312 g/mol. The third kappa shape index (κ3) is 2.65. The summed E-state index contributed by atoms with van der Waals surface area (Å²) in [5.41, 5.74) is 4.15. The lowest BCUT2D eigenvalue weighted by molar-refractivity contribution is -0.114. The van der Waals surface area contributed by atoms with Crippen molar-refractivity contribution < 1.29 is 4.79 Å². The lowest BCUT2D eigenvalue weighted by Gasteiger charge is -2.06. The van der Waals surface area contributed by atoms with E-state index in [-0.39, 0.29) is 11.8 Å². The van der Waals surface area contributed by atoms with Gasteiger partial charge in [0, 0.05) is 22.5 Å². The summed E-state index contributed by atoms with van der Waals surface area (Å²) in [6.07, 6.45) is 17.1. The second-order valence-corrected chi connectivity index (χ2v) is 6.18. The Morgan fingerprint density at radius 2 is 1.52 bits per heavy atom. The highest BCUT2D eigenvalue weighted by atomic mass is 16.1. The fourth-order valence-corrected chi connectivity index (χ4v) is 3.11. The smallest absolute Gasteiger partial charge is 0.183 e. The number of aromatic nitrogens is 1. The number of rotatable bonds is 0. The van der Waals surface area contributed by atoms with Crippen LogP contribution in [0.5, 0.6) is 0 Å². The van der Waals surface area contributed by atoms with E-state index in [0.717, 1.165) is 39.2 Å². The van der Waals surface area contributed by atoms with Crippen LogP contribution in [0.15, 0.2) is 81.7 Å². The van der Waals surface area contributed by atoms with Crippen molar-refractivity contribution in [3.8, 4) is 0 Å². The van der Waals surface area contributed by atoms with E-state index >= 15 is 0 Å². The molecule has 5 heterocycles. The van der Waals surface area contributed by atoms with Crippen molar-refractivity contribution in [2.24, 2.45) is 9.98 Å². The minimum absolute atomic E-state index is 0.0318. The molecule has 0 aliphatic carbocycles. The number of carbonyl (C=O) groups is 1. The van der Waals surface area contributed by atoms with E-state index in [1.807, 2.05) is 60.7 Å². The zero-order valence-electron chi connectivity index (χ0n) is 13.2. The molecular formula is C20H14N4O. The van der Waals surface area contributed by atoms with Gasteiger partial charge in [-0.05, 0) is 60.7 Å². The second-order valence-electron chi connectivity index (χ2n) is 6.18. The maximum Gasteiger partial charge on any atom is 0.183 e. The Hall–Kier alpha value is -3.47. The van der Waals surface area contributed by atoms with Crippen molar-refractivity contribution in [3.63, 3.8) is 0 Å². The van der Waals surface area contributed by atoms with Crippen molar-refractivity contribution in [2.75, 3.05) is 0 Å². The van der Waals surface area contributed by atoms with Crippen LogP contribution in [0.1, 0.15) is 0 Å². The zero-order valence-corrected chi connectivity index (χ0v) is 13.2. The number of aliphatic imine (C=N–C) groups is 2. The van der Waals surface area contributed by atoms with Gasteiger partial charge in [0.05, 0.1) is 22.8 Å². The van der Waals surface area contributed by atoms with E-state index in [4.69, 9.17) is 0 Å². The first-order valence-corrected chi connectivity index (χ1v) is 8.09. The zero-order chi connectivity index (χ0) is 16.8. The van der Waals surface area contributed by atoms with Gasteiger partial charge in [0.25, 0.3) is 0 Å². The highest BCUT2D eigenvalue weighted by molar-refractivity contribution is 6.19. The third-order valence-corrected chi connectivity index (χ3v) is 4.27. The van der Waals surface area contributed by atoms with Crippen molar-refractivity contribution in [1.29, 1.82) is 0 Å². The van der Waals surface area contributed by atoms with E-state index in [1.165, 1.54) is 0 Å². The largest absolute Gasteiger partial charge is 0.372 e. The molecule has 0 saturated carbocycles. The normalized spacial score (nSPS) is 30.0. The van der Waals surface area contributed by atoms with Crippen molar-refractivity contribution in [3.05, 3.63) is 82.5 Å². The van der Waals surface area contributed by atoms with Gasteiger partial charge in [-0.1, -0.05) is 0 Å². The number of allylic oxidation sites excluding steroid dienone is 6. The molecule has 1 atom stereocenters. The van der Waals surface area contributed by atoms with Crippen LogP contribution < -0.4 is 16.0 Å². The maximum absolute atomic E-state index is 12.2. The van der Waals surface area contributed by atoms with E-state index in [1.54, 1.807) is 6.08 Å². The predicted octanol–water partition coefficient (Wildman–Crippen LogP) is 0.803. The fraction of sp³-hybridized carbons (Fsp3) is 0.0500. The van der Waals surface area contributed by atoms with Gasteiger partial charge in [0.1, 0.15) is 6.04 Å². The average Bonchev–Trinajstić information content (AvgIpc) is 3.33. The van der Waals surface area contributed by atoms with Crippen molar-refractivity contribution in [1.82, 2.24) is 10.3 Å². The van der Waals surface area contributed by atoms with Gasteiger partial charge in [0.2, 0.25) is 0 Å². The number of aromatic amines is 1. The van der Waals surface area contributed by atoms with Gasteiger partial charge in [0.15, 0.2) is 5.78 Å². The lowest BCUT2D eigenvalue weighted by atomic mass is 10.2. The lowest BCUT2D eigenvalue weighted by Crippen LogP contribution is -2.26. The molecule has 4 aliphatic rings. The number of hydrogen-bond acceptors (Lipinski definition) is 4. The summed E-state index contributed by atoms with van der Waals surface area (Å²) < 4.78 is 0. The molecule has 25 heavy (non-hydrogen) atoms. The average molecular weight is 326 g/mol. The first kappa shape index (κ1) is 13.9. The summed E-state index contributed by atoms with van der Waals surface area (Å²) >= 11 is 0. The predicted molar refractivity (Wildman–Crippen MR) is 98.3 cm³/mol. The standard InChI is InChI=1S/C20H14N4O/c25-20-11-18-9-16-4-3-14(22-16)7-12-1-2-13(21-12)8-15-5-6-17(23-15)10-19(20)24-18/h1-11,19,22,24H/b13-8-,14-7-,16-9-,17-10-. The second kappa shape index (κ2) is 5.27. The van der Waals surface area contributed by atoms with Gasteiger partial charge >= 0.3 is 0 Å². The van der Waals surface area contributed by atoms with Crippen LogP contribution in [0, 0.1) is 0 Å². The highest BCUT2D eigenvalue weighted by Gasteiger charge is 2.22. The minimum Gasteiger partial charge on any atom is -0.372 e.